The molecule has 2 unspecified atom stereocenters. The third-order valence-corrected chi connectivity index (χ3v) is 6.06. The molecule has 1 aliphatic heterocycles. The lowest BCUT2D eigenvalue weighted by molar-refractivity contribution is -0.129. The molecule has 1 fully saturated rings. The first-order chi connectivity index (χ1) is 13.1. The summed E-state index contributed by atoms with van der Waals surface area (Å²) in [6.45, 7) is 2.57. The van der Waals surface area contributed by atoms with Crippen molar-refractivity contribution < 1.29 is 14.3 Å². The second kappa shape index (κ2) is 8.36. The Kier molecular flexibility index (Phi) is 5.92. The third-order valence-electron chi connectivity index (χ3n) is 4.66. The van der Waals surface area contributed by atoms with Gasteiger partial charge in [0.2, 0.25) is 5.91 Å². The van der Waals surface area contributed by atoms with E-state index in [1.165, 1.54) is 0 Å². The second-order valence-corrected chi connectivity index (χ2v) is 7.76. The van der Waals surface area contributed by atoms with E-state index in [-0.39, 0.29) is 16.5 Å². The zero-order chi connectivity index (χ0) is 19.4. The van der Waals surface area contributed by atoms with E-state index < -0.39 is 0 Å². The number of benzene rings is 2. The van der Waals surface area contributed by atoms with Gasteiger partial charge in [-0.05, 0) is 48.7 Å². The molecule has 27 heavy (non-hydrogen) atoms. The van der Waals surface area contributed by atoms with Crippen molar-refractivity contribution in [3.8, 4) is 17.6 Å². The SMILES string of the molecule is COc1ccc(CCN2C(=O)C(C)SC2c2ccc(C#N)cc2)cc1OC. The fourth-order valence-corrected chi connectivity index (χ4v) is 4.48. The largest absolute Gasteiger partial charge is 0.493 e. The normalized spacial score (nSPS) is 19.0. The molecule has 2 aromatic rings. The van der Waals surface area contributed by atoms with Crippen LogP contribution < -0.4 is 9.47 Å². The van der Waals surface area contributed by atoms with Gasteiger partial charge in [-0.1, -0.05) is 18.2 Å². The summed E-state index contributed by atoms with van der Waals surface area (Å²) < 4.78 is 10.6. The smallest absolute Gasteiger partial charge is 0.236 e. The van der Waals surface area contributed by atoms with Crippen LogP contribution in [0.2, 0.25) is 0 Å². The van der Waals surface area contributed by atoms with Gasteiger partial charge in [0.1, 0.15) is 5.37 Å². The third kappa shape index (κ3) is 4.04. The van der Waals surface area contributed by atoms with Gasteiger partial charge in [0, 0.05) is 6.54 Å². The van der Waals surface area contributed by atoms with E-state index >= 15 is 0 Å². The average molecular weight is 382 g/mol. The molecule has 1 saturated heterocycles. The molecule has 3 rings (SSSR count). The highest BCUT2D eigenvalue weighted by molar-refractivity contribution is 8.01. The summed E-state index contributed by atoms with van der Waals surface area (Å²) in [7, 11) is 3.23. The van der Waals surface area contributed by atoms with Gasteiger partial charge < -0.3 is 14.4 Å². The second-order valence-electron chi connectivity index (χ2n) is 6.34. The summed E-state index contributed by atoms with van der Waals surface area (Å²) in [5.74, 6) is 1.53. The van der Waals surface area contributed by atoms with Crippen LogP contribution in [0.15, 0.2) is 42.5 Å². The quantitative estimate of drug-likeness (QED) is 0.761. The molecule has 2 aromatic carbocycles. The Morgan fingerprint density at radius 2 is 1.81 bits per heavy atom. The molecule has 1 amide bonds. The minimum atomic E-state index is -0.0731. The monoisotopic (exact) mass is 382 g/mol. The fourth-order valence-electron chi connectivity index (χ4n) is 3.17. The van der Waals surface area contributed by atoms with Crippen LogP contribution in [0.25, 0.3) is 0 Å². The Morgan fingerprint density at radius 3 is 2.44 bits per heavy atom. The van der Waals surface area contributed by atoms with Crippen LogP contribution in [0.1, 0.15) is 29.0 Å². The average Bonchev–Trinajstić information content (AvgIpc) is 3.00. The van der Waals surface area contributed by atoms with Crippen LogP contribution in [0.4, 0.5) is 0 Å². The number of nitrogens with zero attached hydrogens (tertiary/aromatic N) is 2. The summed E-state index contributed by atoms with van der Waals surface area (Å²) >= 11 is 1.65. The van der Waals surface area contributed by atoms with Gasteiger partial charge in [-0.15, -0.1) is 11.8 Å². The van der Waals surface area contributed by atoms with Crippen molar-refractivity contribution in [3.05, 3.63) is 59.2 Å². The number of amides is 1. The number of nitriles is 1. The number of carbonyl (C=O) groups is 1. The molecule has 0 saturated carbocycles. The van der Waals surface area contributed by atoms with E-state index in [9.17, 15) is 4.79 Å². The van der Waals surface area contributed by atoms with Crippen LogP contribution in [0.5, 0.6) is 11.5 Å². The van der Waals surface area contributed by atoms with E-state index in [0.717, 1.165) is 17.5 Å². The van der Waals surface area contributed by atoms with Crippen molar-refractivity contribution in [1.29, 1.82) is 5.26 Å². The molecule has 5 nitrogen and oxygen atoms in total. The van der Waals surface area contributed by atoms with E-state index in [1.54, 1.807) is 38.1 Å². The lowest BCUT2D eigenvalue weighted by Gasteiger charge is -2.24. The molecule has 0 bridgehead atoms. The molecule has 0 radical (unpaired) electrons. The Hall–Kier alpha value is -2.65. The maximum atomic E-state index is 12.7. The van der Waals surface area contributed by atoms with Crippen LogP contribution in [-0.4, -0.2) is 36.8 Å². The van der Waals surface area contributed by atoms with Gasteiger partial charge >= 0.3 is 0 Å². The predicted molar refractivity (Wildman–Crippen MR) is 106 cm³/mol. The van der Waals surface area contributed by atoms with Crippen LogP contribution in [0, 0.1) is 11.3 Å². The van der Waals surface area contributed by atoms with E-state index in [4.69, 9.17) is 14.7 Å². The van der Waals surface area contributed by atoms with Crippen LogP contribution >= 0.6 is 11.8 Å². The highest BCUT2D eigenvalue weighted by Crippen LogP contribution is 2.43. The summed E-state index contributed by atoms with van der Waals surface area (Å²) in [6.07, 6.45) is 0.728. The van der Waals surface area contributed by atoms with Gasteiger partial charge in [-0.2, -0.15) is 5.26 Å². The molecule has 1 aliphatic rings. The summed E-state index contributed by atoms with van der Waals surface area (Å²) in [6, 6.07) is 15.4. The minimum absolute atomic E-state index is 0.0274. The lowest BCUT2D eigenvalue weighted by atomic mass is 10.1. The van der Waals surface area contributed by atoms with E-state index in [0.29, 0.717) is 23.6 Å². The number of rotatable bonds is 6. The topological polar surface area (TPSA) is 62.6 Å². The van der Waals surface area contributed by atoms with Gasteiger partial charge in [-0.3, -0.25) is 4.79 Å². The van der Waals surface area contributed by atoms with E-state index in [1.807, 2.05) is 42.2 Å². The number of methoxy groups -OCH3 is 2. The van der Waals surface area contributed by atoms with Crippen molar-refractivity contribution in [2.45, 2.75) is 24.0 Å². The summed E-state index contributed by atoms with van der Waals surface area (Å²) in [5.41, 5.74) is 2.76. The molecule has 0 N–H and O–H groups in total. The summed E-state index contributed by atoms with van der Waals surface area (Å²) in [4.78, 5) is 14.6. The highest BCUT2D eigenvalue weighted by Gasteiger charge is 2.38. The molecule has 0 aliphatic carbocycles. The number of hydrogen-bond acceptors (Lipinski definition) is 5. The first kappa shape index (κ1) is 19.1. The Bertz CT molecular complexity index is 861. The van der Waals surface area contributed by atoms with Crippen LogP contribution in [-0.2, 0) is 11.2 Å². The highest BCUT2D eigenvalue weighted by atomic mass is 32.2. The molecular weight excluding hydrogens is 360 g/mol. The predicted octanol–water partition coefficient (Wildman–Crippen LogP) is 3.78. The van der Waals surface area contributed by atoms with Crippen molar-refractivity contribution in [2.75, 3.05) is 20.8 Å². The first-order valence-corrected chi connectivity index (χ1v) is 9.68. The molecular formula is C21H22N2O3S. The zero-order valence-corrected chi connectivity index (χ0v) is 16.5. The van der Waals surface area contributed by atoms with Gasteiger partial charge in [0.25, 0.3) is 0 Å². The Morgan fingerprint density at radius 1 is 1.11 bits per heavy atom. The zero-order valence-electron chi connectivity index (χ0n) is 15.6. The molecule has 2 atom stereocenters. The van der Waals surface area contributed by atoms with Gasteiger partial charge in [0.15, 0.2) is 11.5 Å². The molecule has 140 valence electrons. The Balaban J connectivity index is 1.76. The molecule has 0 aromatic heterocycles. The first-order valence-electron chi connectivity index (χ1n) is 8.74. The van der Waals surface area contributed by atoms with Crippen LogP contribution in [0.3, 0.4) is 0 Å². The van der Waals surface area contributed by atoms with E-state index in [2.05, 4.69) is 6.07 Å². The number of ether oxygens (including phenoxy) is 2. The fraction of sp³-hybridized carbons (Fsp3) is 0.333. The number of thioether (sulfide) groups is 1. The van der Waals surface area contributed by atoms with Crippen molar-refractivity contribution in [3.63, 3.8) is 0 Å². The minimum Gasteiger partial charge on any atom is -0.493 e. The standard InChI is InChI=1S/C21H22N2O3S/c1-14-20(24)23(21(27-14)17-7-4-16(13-22)5-8-17)11-10-15-6-9-18(25-2)19(12-15)26-3/h4-9,12,14,21H,10-11H2,1-3H3. The maximum absolute atomic E-state index is 12.7. The Labute approximate surface area is 163 Å². The lowest BCUT2D eigenvalue weighted by Crippen LogP contribution is -2.32. The maximum Gasteiger partial charge on any atom is 0.236 e. The number of carbonyl (C=O) groups excluding carboxylic acids is 1. The molecule has 1 heterocycles. The molecule has 6 heteroatoms. The van der Waals surface area contributed by atoms with Crippen molar-refractivity contribution in [2.24, 2.45) is 0 Å². The number of hydrogen-bond donors (Lipinski definition) is 0. The summed E-state index contributed by atoms with van der Waals surface area (Å²) in [5, 5.41) is 8.88. The van der Waals surface area contributed by atoms with Gasteiger partial charge in [0.05, 0.1) is 31.1 Å². The van der Waals surface area contributed by atoms with Crippen molar-refractivity contribution in [1.82, 2.24) is 4.90 Å². The van der Waals surface area contributed by atoms with Crippen molar-refractivity contribution >= 4 is 17.7 Å². The molecule has 0 spiro atoms. The van der Waals surface area contributed by atoms with Gasteiger partial charge in [-0.25, -0.2) is 0 Å².